The average molecular weight is 175 g/mol. The van der Waals surface area contributed by atoms with E-state index in [2.05, 4.69) is 5.32 Å². The Bertz CT molecular complexity index is 86.6. The molecule has 0 bridgehead atoms. The van der Waals surface area contributed by atoms with E-state index < -0.39 is 0 Å². The molecule has 1 N–H and O–H groups in total. The summed E-state index contributed by atoms with van der Waals surface area (Å²) in [6.07, 6.45) is 1.38. The molecule has 0 aliphatic rings. The van der Waals surface area contributed by atoms with Crippen LogP contribution in [-0.4, -0.2) is 39.5 Å². The predicted molar refractivity (Wildman–Crippen MR) is 50.5 cm³/mol. The van der Waals surface area contributed by atoms with Crippen molar-refractivity contribution in [1.29, 1.82) is 0 Å². The summed E-state index contributed by atoms with van der Waals surface area (Å²) in [6.45, 7) is 7.31. The zero-order valence-electron chi connectivity index (χ0n) is 8.43. The highest BCUT2D eigenvalue weighted by atomic mass is 16.5. The van der Waals surface area contributed by atoms with Crippen LogP contribution in [0.1, 0.15) is 20.3 Å². The SMILES string of the molecule is CNCCCOCCOC(C)C. The van der Waals surface area contributed by atoms with Gasteiger partial charge in [-0.1, -0.05) is 0 Å². The van der Waals surface area contributed by atoms with Crippen molar-refractivity contribution in [2.75, 3.05) is 33.4 Å². The van der Waals surface area contributed by atoms with Gasteiger partial charge in [-0.25, -0.2) is 0 Å². The van der Waals surface area contributed by atoms with Gasteiger partial charge in [0.2, 0.25) is 0 Å². The Hall–Kier alpha value is -0.120. The third-order valence-corrected chi connectivity index (χ3v) is 1.39. The Balaban J connectivity index is 2.82. The zero-order valence-corrected chi connectivity index (χ0v) is 8.43. The Morgan fingerprint density at radius 1 is 1.17 bits per heavy atom. The van der Waals surface area contributed by atoms with E-state index in [4.69, 9.17) is 9.47 Å². The van der Waals surface area contributed by atoms with E-state index in [1.165, 1.54) is 0 Å². The molecule has 3 heteroatoms. The lowest BCUT2D eigenvalue weighted by Gasteiger charge is -2.07. The minimum Gasteiger partial charge on any atom is -0.379 e. The highest BCUT2D eigenvalue weighted by molar-refractivity contribution is 4.40. The van der Waals surface area contributed by atoms with E-state index in [1.807, 2.05) is 20.9 Å². The van der Waals surface area contributed by atoms with Gasteiger partial charge < -0.3 is 14.8 Å². The molecule has 12 heavy (non-hydrogen) atoms. The number of ether oxygens (including phenoxy) is 2. The third-order valence-electron chi connectivity index (χ3n) is 1.39. The van der Waals surface area contributed by atoms with Gasteiger partial charge in [-0.2, -0.15) is 0 Å². The lowest BCUT2D eigenvalue weighted by atomic mass is 10.4. The van der Waals surface area contributed by atoms with Gasteiger partial charge in [0.05, 0.1) is 19.3 Å². The molecule has 0 aromatic carbocycles. The van der Waals surface area contributed by atoms with E-state index in [-0.39, 0.29) is 0 Å². The molecule has 74 valence electrons. The molecule has 0 rings (SSSR count). The van der Waals surface area contributed by atoms with Crippen LogP contribution in [-0.2, 0) is 9.47 Å². The lowest BCUT2D eigenvalue weighted by molar-refractivity contribution is 0.0192. The lowest BCUT2D eigenvalue weighted by Crippen LogP contribution is -2.13. The molecule has 0 saturated heterocycles. The van der Waals surface area contributed by atoms with E-state index in [9.17, 15) is 0 Å². The van der Waals surface area contributed by atoms with Crippen LogP contribution in [0.15, 0.2) is 0 Å². The summed E-state index contributed by atoms with van der Waals surface area (Å²) >= 11 is 0. The zero-order chi connectivity index (χ0) is 9.23. The molecule has 0 unspecified atom stereocenters. The van der Waals surface area contributed by atoms with E-state index in [0.29, 0.717) is 19.3 Å². The summed E-state index contributed by atoms with van der Waals surface area (Å²) < 4.78 is 10.6. The van der Waals surface area contributed by atoms with E-state index >= 15 is 0 Å². The summed E-state index contributed by atoms with van der Waals surface area (Å²) in [5, 5.41) is 3.07. The third kappa shape index (κ3) is 9.88. The molecule has 0 aromatic heterocycles. The topological polar surface area (TPSA) is 30.5 Å². The Labute approximate surface area is 75.4 Å². The van der Waals surface area contributed by atoms with Gasteiger partial charge in [-0.15, -0.1) is 0 Å². The molecule has 3 nitrogen and oxygen atoms in total. The van der Waals surface area contributed by atoms with Crippen molar-refractivity contribution >= 4 is 0 Å². The maximum atomic E-state index is 5.32. The monoisotopic (exact) mass is 175 g/mol. The fraction of sp³-hybridized carbons (Fsp3) is 1.00. The summed E-state index contributed by atoms with van der Waals surface area (Å²) in [6, 6.07) is 0. The minimum absolute atomic E-state index is 0.311. The molecule has 0 atom stereocenters. The molecule has 0 spiro atoms. The van der Waals surface area contributed by atoms with Crippen molar-refractivity contribution in [3.05, 3.63) is 0 Å². The van der Waals surface area contributed by atoms with Gasteiger partial charge in [0.1, 0.15) is 0 Å². The summed E-state index contributed by atoms with van der Waals surface area (Å²) in [5.74, 6) is 0. The van der Waals surface area contributed by atoms with Crippen LogP contribution in [0.4, 0.5) is 0 Å². The van der Waals surface area contributed by atoms with Gasteiger partial charge >= 0.3 is 0 Å². The van der Waals surface area contributed by atoms with Crippen molar-refractivity contribution in [3.63, 3.8) is 0 Å². The van der Waals surface area contributed by atoms with Crippen LogP contribution in [0.5, 0.6) is 0 Å². The van der Waals surface area contributed by atoms with Crippen LogP contribution in [0.3, 0.4) is 0 Å². The summed E-state index contributed by atoms with van der Waals surface area (Å²) in [5.41, 5.74) is 0. The number of rotatable bonds is 8. The maximum Gasteiger partial charge on any atom is 0.0703 e. The first-order valence-corrected chi connectivity index (χ1v) is 4.61. The fourth-order valence-electron chi connectivity index (χ4n) is 0.796. The quantitative estimate of drug-likeness (QED) is 0.559. The Morgan fingerprint density at radius 2 is 1.92 bits per heavy atom. The molecule has 0 aliphatic heterocycles. The first-order chi connectivity index (χ1) is 5.77. The predicted octanol–water partition coefficient (Wildman–Crippen LogP) is 1.04. The van der Waals surface area contributed by atoms with Crippen LogP contribution in [0.2, 0.25) is 0 Å². The largest absolute Gasteiger partial charge is 0.379 e. The van der Waals surface area contributed by atoms with Gasteiger partial charge in [-0.05, 0) is 33.9 Å². The van der Waals surface area contributed by atoms with E-state index in [0.717, 1.165) is 19.6 Å². The molecule has 0 aromatic rings. The Kier molecular flexibility index (Phi) is 8.88. The standard InChI is InChI=1S/C9H21NO2/c1-9(2)12-8-7-11-6-4-5-10-3/h9-10H,4-8H2,1-3H3. The van der Waals surface area contributed by atoms with Gasteiger partial charge in [0.25, 0.3) is 0 Å². The summed E-state index contributed by atoms with van der Waals surface area (Å²) in [7, 11) is 1.95. The van der Waals surface area contributed by atoms with Crippen molar-refractivity contribution in [2.45, 2.75) is 26.4 Å². The number of hydrogen-bond donors (Lipinski definition) is 1. The van der Waals surface area contributed by atoms with Crippen molar-refractivity contribution in [1.82, 2.24) is 5.32 Å². The smallest absolute Gasteiger partial charge is 0.0703 e. The normalized spacial score (nSPS) is 11.0. The second-order valence-corrected chi connectivity index (χ2v) is 2.99. The van der Waals surface area contributed by atoms with Crippen molar-refractivity contribution < 1.29 is 9.47 Å². The molecule has 0 fully saturated rings. The first kappa shape index (κ1) is 11.9. The second kappa shape index (κ2) is 8.97. The van der Waals surface area contributed by atoms with Crippen LogP contribution in [0, 0.1) is 0 Å². The molecular formula is C9H21NO2. The van der Waals surface area contributed by atoms with E-state index in [1.54, 1.807) is 0 Å². The van der Waals surface area contributed by atoms with Gasteiger partial charge in [-0.3, -0.25) is 0 Å². The molecule has 0 saturated carbocycles. The van der Waals surface area contributed by atoms with Crippen LogP contribution in [0.25, 0.3) is 0 Å². The molecule has 0 radical (unpaired) electrons. The van der Waals surface area contributed by atoms with Crippen molar-refractivity contribution in [2.24, 2.45) is 0 Å². The summed E-state index contributed by atoms with van der Waals surface area (Å²) in [4.78, 5) is 0. The van der Waals surface area contributed by atoms with Crippen molar-refractivity contribution in [3.8, 4) is 0 Å². The average Bonchev–Trinajstić information content (AvgIpc) is 2.02. The van der Waals surface area contributed by atoms with Gasteiger partial charge in [0, 0.05) is 6.61 Å². The molecule has 0 amide bonds. The minimum atomic E-state index is 0.311. The second-order valence-electron chi connectivity index (χ2n) is 2.99. The number of hydrogen-bond acceptors (Lipinski definition) is 3. The van der Waals surface area contributed by atoms with Gasteiger partial charge in [0.15, 0.2) is 0 Å². The highest BCUT2D eigenvalue weighted by Gasteiger charge is 1.92. The molecule has 0 aliphatic carbocycles. The molecule has 0 heterocycles. The highest BCUT2D eigenvalue weighted by Crippen LogP contribution is 1.87. The first-order valence-electron chi connectivity index (χ1n) is 4.61. The van der Waals surface area contributed by atoms with Crippen LogP contribution < -0.4 is 5.32 Å². The maximum absolute atomic E-state index is 5.32. The fourth-order valence-corrected chi connectivity index (χ4v) is 0.796. The van der Waals surface area contributed by atoms with Crippen LogP contribution >= 0.6 is 0 Å². The number of nitrogens with one attached hydrogen (secondary N) is 1. The molecular weight excluding hydrogens is 154 g/mol. The Morgan fingerprint density at radius 3 is 2.50 bits per heavy atom.